The average molecular weight is 444 g/mol. The first-order chi connectivity index (χ1) is 12.0. The van der Waals surface area contributed by atoms with Gasteiger partial charge in [0, 0.05) is 16.6 Å². The standard InChI is InChI=1S/C17H18BrNO4S2/c1-3-8-23-15(20)6-7-19-16(21)14(25-17(19)24)10-11-9-12(18)4-5-13(11)22-2/h4-5,9-10H,3,6-8H2,1-2H3/b14-10+. The van der Waals surface area contributed by atoms with E-state index in [0.29, 0.717) is 21.6 Å². The van der Waals surface area contributed by atoms with E-state index in [0.717, 1.165) is 16.5 Å². The van der Waals surface area contributed by atoms with E-state index in [-0.39, 0.29) is 24.8 Å². The lowest BCUT2D eigenvalue weighted by Crippen LogP contribution is -2.30. The molecular weight excluding hydrogens is 426 g/mol. The quantitative estimate of drug-likeness (QED) is 0.360. The minimum absolute atomic E-state index is 0.125. The number of amides is 1. The molecule has 1 aliphatic heterocycles. The van der Waals surface area contributed by atoms with E-state index in [1.165, 1.54) is 16.7 Å². The third-order valence-corrected chi connectivity index (χ3v) is 5.23. The number of esters is 1. The van der Waals surface area contributed by atoms with E-state index in [1.807, 2.05) is 25.1 Å². The van der Waals surface area contributed by atoms with Crippen molar-refractivity contribution in [3.05, 3.63) is 33.1 Å². The molecular formula is C17H18BrNO4S2. The molecule has 1 heterocycles. The van der Waals surface area contributed by atoms with Crippen LogP contribution < -0.4 is 4.74 Å². The van der Waals surface area contributed by atoms with Crippen LogP contribution in [-0.4, -0.2) is 41.4 Å². The number of thioether (sulfide) groups is 1. The number of rotatable bonds is 7. The molecule has 8 heteroatoms. The molecule has 2 rings (SSSR count). The number of nitrogens with zero attached hydrogens (tertiary/aromatic N) is 1. The van der Waals surface area contributed by atoms with Gasteiger partial charge in [0.25, 0.3) is 5.91 Å². The molecule has 0 atom stereocenters. The van der Waals surface area contributed by atoms with Crippen LogP contribution in [0.25, 0.3) is 6.08 Å². The second kappa shape index (κ2) is 9.35. The van der Waals surface area contributed by atoms with Crippen LogP contribution in [0.2, 0.25) is 0 Å². The zero-order valence-electron chi connectivity index (χ0n) is 13.9. The van der Waals surface area contributed by atoms with E-state index in [9.17, 15) is 9.59 Å². The van der Waals surface area contributed by atoms with Gasteiger partial charge in [0.1, 0.15) is 10.1 Å². The molecule has 0 radical (unpaired) electrons. The Balaban J connectivity index is 2.10. The summed E-state index contributed by atoms with van der Waals surface area (Å²) >= 11 is 9.90. The summed E-state index contributed by atoms with van der Waals surface area (Å²) in [5, 5.41) is 0. The Morgan fingerprint density at radius 3 is 2.88 bits per heavy atom. The maximum absolute atomic E-state index is 12.6. The van der Waals surface area contributed by atoms with E-state index in [4.69, 9.17) is 21.7 Å². The van der Waals surface area contributed by atoms with Crippen molar-refractivity contribution >= 4 is 62.2 Å². The molecule has 1 amide bonds. The molecule has 0 saturated carbocycles. The van der Waals surface area contributed by atoms with Crippen LogP contribution in [0.5, 0.6) is 5.75 Å². The maximum atomic E-state index is 12.6. The Labute approximate surface area is 164 Å². The molecule has 1 aromatic carbocycles. The van der Waals surface area contributed by atoms with Crippen LogP contribution in [0.1, 0.15) is 25.3 Å². The van der Waals surface area contributed by atoms with Crippen molar-refractivity contribution in [1.82, 2.24) is 4.90 Å². The molecule has 25 heavy (non-hydrogen) atoms. The van der Waals surface area contributed by atoms with Gasteiger partial charge in [0.2, 0.25) is 0 Å². The lowest BCUT2D eigenvalue weighted by Gasteiger charge is -2.13. The highest BCUT2D eigenvalue weighted by molar-refractivity contribution is 9.10. The summed E-state index contributed by atoms with van der Waals surface area (Å²) in [5.74, 6) is 0.130. The summed E-state index contributed by atoms with van der Waals surface area (Å²) < 4.78 is 11.7. The smallest absolute Gasteiger partial charge is 0.307 e. The van der Waals surface area contributed by atoms with Gasteiger partial charge in [-0.25, -0.2) is 0 Å². The van der Waals surface area contributed by atoms with E-state index < -0.39 is 0 Å². The number of thiocarbonyl (C=S) groups is 1. The lowest BCUT2D eigenvalue weighted by molar-refractivity contribution is -0.143. The highest BCUT2D eigenvalue weighted by atomic mass is 79.9. The summed E-state index contributed by atoms with van der Waals surface area (Å²) in [7, 11) is 1.58. The van der Waals surface area contributed by atoms with Crippen LogP contribution in [-0.2, 0) is 14.3 Å². The van der Waals surface area contributed by atoms with Gasteiger partial charge in [0.15, 0.2) is 0 Å². The first-order valence-corrected chi connectivity index (χ1v) is 9.72. The van der Waals surface area contributed by atoms with Crippen molar-refractivity contribution in [1.29, 1.82) is 0 Å². The number of hydrogen-bond acceptors (Lipinski definition) is 6. The highest BCUT2D eigenvalue weighted by Gasteiger charge is 2.32. The van der Waals surface area contributed by atoms with Gasteiger partial charge in [-0.15, -0.1) is 0 Å². The Bertz CT molecular complexity index is 721. The molecule has 0 spiro atoms. The average Bonchev–Trinajstić information content (AvgIpc) is 2.85. The first kappa shape index (κ1) is 19.9. The summed E-state index contributed by atoms with van der Waals surface area (Å²) in [6, 6.07) is 5.55. The number of ether oxygens (including phenoxy) is 2. The largest absolute Gasteiger partial charge is 0.496 e. The van der Waals surface area contributed by atoms with Crippen molar-refractivity contribution in [2.24, 2.45) is 0 Å². The first-order valence-electron chi connectivity index (χ1n) is 7.70. The molecule has 1 aromatic rings. The molecule has 1 aliphatic rings. The fourth-order valence-corrected chi connectivity index (χ4v) is 3.82. The van der Waals surface area contributed by atoms with Gasteiger partial charge in [-0.05, 0) is 30.7 Å². The van der Waals surface area contributed by atoms with Gasteiger partial charge < -0.3 is 9.47 Å². The zero-order valence-corrected chi connectivity index (χ0v) is 17.1. The molecule has 0 aromatic heterocycles. The normalized spacial score (nSPS) is 15.8. The van der Waals surface area contributed by atoms with Crippen LogP contribution in [0.4, 0.5) is 0 Å². The fraction of sp³-hybridized carbons (Fsp3) is 0.353. The Hall–Kier alpha value is -1.38. The topological polar surface area (TPSA) is 55.8 Å². The van der Waals surface area contributed by atoms with E-state index in [2.05, 4.69) is 15.9 Å². The molecule has 0 bridgehead atoms. The van der Waals surface area contributed by atoms with E-state index >= 15 is 0 Å². The molecule has 1 fully saturated rings. The van der Waals surface area contributed by atoms with Crippen LogP contribution in [0.3, 0.4) is 0 Å². The Kier molecular flexibility index (Phi) is 7.46. The summed E-state index contributed by atoms with van der Waals surface area (Å²) in [6.07, 6.45) is 2.64. The van der Waals surface area contributed by atoms with Gasteiger partial charge in [0.05, 0.1) is 25.0 Å². The Morgan fingerprint density at radius 2 is 2.20 bits per heavy atom. The van der Waals surface area contributed by atoms with Gasteiger partial charge in [-0.3, -0.25) is 14.5 Å². The van der Waals surface area contributed by atoms with Crippen LogP contribution in [0, 0.1) is 0 Å². The van der Waals surface area contributed by atoms with Gasteiger partial charge in [-0.2, -0.15) is 0 Å². The highest BCUT2D eigenvalue weighted by Crippen LogP contribution is 2.35. The summed E-state index contributed by atoms with van der Waals surface area (Å²) in [5.41, 5.74) is 0.778. The predicted octanol–water partition coefficient (Wildman–Crippen LogP) is 4.00. The maximum Gasteiger partial charge on any atom is 0.307 e. The number of carbonyl (C=O) groups is 2. The van der Waals surface area contributed by atoms with Crippen molar-refractivity contribution in [2.75, 3.05) is 20.3 Å². The molecule has 0 unspecified atom stereocenters. The predicted molar refractivity (Wildman–Crippen MR) is 106 cm³/mol. The number of hydrogen-bond donors (Lipinski definition) is 0. The van der Waals surface area contributed by atoms with Crippen LogP contribution >= 0.6 is 39.9 Å². The molecule has 134 valence electrons. The monoisotopic (exact) mass is 443 g/mol. The SMILES string of the molecule is CCCOC(=O)CCN1C(=O)/C(=C\c2cc(Br)ccc2OC)SC1=S. The minimum Gasteiger partial charge on any atom is -0.496 e. The minimum atomic E-state index is -0.325. The van der Waals surface area contributed by atoms with Crippen LogP contribution in [0.15, 0.2) is 27.6 Å². The van der Waals surface area contributed by atoms with Crippen molar-refractivity contribution in [3.8, 4) is 5.75 Å². The zero-order chi connectivity index (χ0) is 18.4. The lowest BCUT2D eigenvalue weighted by atomic mass is 10.2. The number of methoxy groups -OCH3 is 1. The molecule has 0 N–H and O–H groups in total. The van der Waals surface area contributed by atoms with Crippen molar-refractivity contribution < 1.29 is 19.1 Å². The van der Waals surface area contributed by atoms with Crippen molar-refractivity contribution in [2.45, 2.75) is 19.8 Å². The third-order valence-electron chi connectivity index (χ3n) is 3.36. The van der Waals surface area contributed by atoms with Gasteiger partial charge in [-0.1, -0.05) is 46.8 Å². The second-order valence-electron chi connectivity index (χ2n) is 5.19. The van der Waals surface area contributed by atoms with E-state index in [1.54, 1.807) is 13.2 Å². The molecule has 0 aliphatic carbocycles. The number of halogens is 1. The third kappa shape index (κ3) is 5.29. The second-order valence-corrected chi connectivity index (χ2v) is 7.78. The summed E-state index contributed by atoms with van der Waals surface area (Å²) in [4.78, 5) is 26.1. The molecule has 1 saturated heterocycles. The van der Waals surface area contributed by atoms with Crippen molar-refractivity contribution in [3.63, 3.8) is 0 Å². The Morgan fingerprint density at radius 1 is 1.44 bits per heavy atom. The summed E-state index contributed by atoms with van der Waals surface area (Å²) in [6.45, 7) is 2.54. The number of benzene rings is 1. The number of carbonyl (C=O) groups excluding carboxylic acids is 2. The fourth-order valence-electron chi connectivity index (χ4n) is 2.14. The van der Waals surface area contributed by atoms with Gasteiger partial charge >= 0.3 is 5.97 Å². The molecule has 5 nitrogen and oxygen atoms in total.